The van der Waals surface area contributed by atoms with Crippen LogP contribution in [0.1, 0.15) is 6.92 Å². The van der Waals surface area contributed by atoms with E-state index in [-0.39, 0.29) is 17.8 Å². The van der Waals surface area contributed by atoms with Gasteiger partial charge in [-0.2, -0.15) is 0 Å². The zero-order valence-electron chi connectivity index (χ0n) is 8.61. The molecule has 0 fully saturated rings. The molecule has 2 heterocycles. The summed E-state index contributed by atoms with van der Waals surface area (Å²) >= 11 is 0. The molecular formula is C10H9N5O. The molecule has 6 nitrogen and oxygen atoms in total. The maximum Gasteiger partial charge on any atom is 0.239 e. The predicted molar refractivity (Wildman–Crippen MR) is 56.9 cm³/mol. The third-order valence-corrected chi connectivity index (χ3v) is 1.82. The molecule has 0 atom stereocenters. The van der Waals surface area contributed by atoms with Crippen molar-refractivity contribution in [3.8, 4) is 0 Å². The fourth-order valence-electron chi connectivity index (χ4n) is 1.18. The van der Waals surface area contributed by atoms with E-state index in [0.29, 0.717) is 0 Å². The Morgan fingerprint density at radius 1 is 0.938 bits per heavy atom. The summed E-state index contributed by atoms with van der Waals surface area (Å²) in [7, 11) is 0. The molecule has 0 aliphatic rings. The molecule has 1 amide bonds. The Kier molecular flexibility index (Phi) is 2.81. The van der Waals surface area contributed by atoms with Crippen molar-refractivity contribution in [2.45, 2.75) is 6.92 Å². The average Bonchev–Trinajstić information content (AvgIpc) is 2.31. The first kappa shape index (κ1) is 10.2. The summed E-state index contributed by atoms with van der Waals surface area (Å²) in [5, 5.41) is 0. The summed E-state index contributed by atoms with van der Waals surface area (Å²) in [6.45, 7) is 1.41. The Morgan fingerprint density at radius 2 is 1.31 bits per heavy atom. The summed E-state index contributed by atoms with van der Waals surface area (Å²) in [6.07, 6.45) is 6.23. The van der Waals surface area contributed by atoms with Crippen LogP contribution in [0.5, 0.6) is 0 Å². The third-order valence-electron chi connectivity index (χ3n) is 1.82. The zero-order valence-corrected chi connectivity index (χ0v) is 8.61. The van der Waals surface area contributed by atoms with Gasteiger partial charge in [0.05, 0.1) is 0 Å². The number of hydrogen-bond acceptors (Lipinski definition) is 5. The van der Waals surface area contributed by atoms with Gasteiger partial charge in [-0.25, -0.2) is 24.8 Å². The van der Waals surface area contributed by atoms with Gasteiger partial charge >= 0.3 is 0 Å². The second kappa shape index (κ2) is 4.43. The van der Waals surface area contributed by atoms with E-state index in [0.717, 1.165) is 0 Å². The van der Waals surface area contributed by atoms with Gasteiger partial charge in [-0.15, -0.1) is 0 Å². The van der Waals surface area contributed by atoms with E-state index >= 15 is 0 Å². The van der Waals surface area contributed by atoms with Crippen LogP contribution in [-0.2, 0) is 4.79 Å². The van der Waals surface area contributed by atoms with E-state index < -0.39 is 0 Å². The van der Waals surface area contributed by atoms with Crippen molar-refractivity contribution >= 4 is 17.8 Å². The summed E-state index contributed by atoms with van der Waals surface area (Å²) in [5.74, 6) is 0.291. The molecule has 0 saturated heterocycles. The number of amides is 1. The van der Waals surface area contributed by atoms with Crippen molar-refractivity contribution in [2.24, 2.45) is 0 Å². The Hall–Kier alpha value is -2.37. The Morgan fingerprint density at radius 3 is 1.62 bits per heavy atom. The minimum Gasteiger partial charge on any atom is -0.274 e. The first-order chi connectivity index (χ1) is 7.79. The smallest absolute Gasteiger partial charge is 0.239 e. The molecule has 80 valence electrons. The van der Waals surface area contributed by atoms with Gasteiger partial charge in [0.1, 0.15) is 0 Å². The summed E-state index contributed by atoms with van der Waals surface area (Å²) in [4.78, 5) is 28.7. The van der Waals surface area contributed by atoms with Crippen LogP contribution in [0.15, 0.2) is 36.9 Å². The quantitative estimate of drug-likeness (QED) is 0.745. The molecule has 2 aromatic heterocycles. The van der Waals surface area contributed by atoms with Crippen LogP contribution < -0.4 is 4.90 Å². The standard InChI is InChI=1S/C10H9N5O/c1-8(16)15(9-11-4-2-5-12-9)10-13-6-3-7-14-10/h2-7H,1H3. The number of aromatic nitrogens is 4. The number of carbonyl (C=O) groups excluding carboxylic acids is 1. The molecule has 0 aliphatic heterocycles. The zero-order chi connectivity index (χ0) is 11.4. The SMILES string of the molecule is CC(=O)N(c1ncccn1)c1ncccn1. The molecule has 2 rings (SSSR count). The molecule has 0 aromatic carbocycles. The largest absolute Gasteiger partial charge is 0.274 e. The summed E-state index contributed by atoms with van der Waals surface area (Å²) < 4.78 is 0. The van der Waals surface area contributed by atoms with Crippen LogP contribution >= 0.6 is 0 Å². The van der Waals surface area contributed by atoms with Gasteiger partial charge in [-0.05, 0) is 12.1 Å². The van der Waals surface area contributed by atoms with E-state index in [2.05, 4.69) is 19.9 Å². The highest BCUT2D eigenvalue weighted by Gasteiger charge is 2.18. The normalized spacial score (nSPS) is 9.81. The highest BCUT2D eigenvalue weighted by Crippen LogP contribution is 2.15. The van der Waals surface area contributed by atoms with Crippen molar-refractivity contribution < 1.29 is 4.79 Å². The van der Waals surface area contributed by atoms with Crippen molar-refractivity contribution in [1.82, 2.24) is 19.9 Å². The molecule has 2 aromatic rings. The molecular weight excluding hydrogens is 206 g/mol. The molecule has 16 heavy (non-hydrogen) atoms. The van der Waals surface area contributed by atoms with Gasteiger partial charge in [-0.1, -0.05) is 0 Å². The second-order valence-electron chi connectivity index (χ2n) is 2.95. The third kappa shape index (κ3) is 2.00. The number of carbonyl (C=O) groups is 1. The van der Waals surface area contributed by atoms with Gasteiger partial charge < -0.3 is 0 Å². The van der Waals surface area contributed by atoms with Crippen LogP contribution in [0.3, 0.4) is 0 Å². The maximum atomic E-state index is 11.5. The van der Waals surface area contributed by atoms with Crippen molar-refractivity contribution in [3.05, 3.63) is 36.9 Å². The average molecular weight is 215 g/mol. The lowest BCUT2D eigenvalue weighted by atomic mass is 10.5. The van der Waals surface area contributed by atoms with E-state index in [9.17, 15) is 4.79 Å². The van der Waals surface area contributed by atoms with Crippen molar-refractivity contribution in [2.75, 3.05) is 4.90 Å². The molecule has 0 N–H and O–H groups in total. The molecule has 6 heteroatoms. The lowest BCUT2D eigenvalue weighted by Crippen LogP contribution is -2.26. The molecule has 0 spiro atoms. The second-order valence-corrected chi connectivity index (χ2v) is 2.95. The minimum absolute atomic E-state index is 0.239. The van der Waals surface area contributed by atoms with Gasteiger partial charge in [-0.3, -0.25) is 4.79 Å². The Bertz CT molecular complexity index is 434. The number of anilines is 2. The van der Waals surface area contributed by atoms with Crippen molar-refractivity contribution in [1.29, 1.82) is 0 Å². The van der Waals surface area contributed by atoms with Gasteiger partial charge in [0.2, 0.25) is 17.8 Å². The van der Waals surface area contributed by atoms with Gasteiger partial charge in [0, 0.05) is 31.7 Å². The van der Waals surface area contributed by atoms with Crippen LogP contribution in [0, 0.1) is 0 Å². The maximum absolute atomic E-state index is 11.5. The molecule has 0 saturated carbocycles. The van der Waals surface area contributed by atoms with E-state index in [1.807, 2.05) is 0 Å². The molecule has 0 radical (unpaired) electrons. The van der Waals surface area contributed by atoms with Crippen LogP contribution in [0.4, 0.5) is 11.9 Å². The van der Waals surface area contributed by atoms with Crippen LogP contribution in [-0.4, -0.2) is 25.8 Å². The van der Waals surface area contributed by atoms with Gasteiger partial charge in [0.15, 0.2) is 0 Å². The van der Waals surface area contributed by atoms with E-state index in [4.69, 9.17) is 0 Å². The van der Waals surface area contributed by atoms with Gasteiger partial charge in [0.25, 0.3) is 0 Å². The summed E-state index contributed by atoms with van der Waals surface area (Å²) in [5.41, 5.74) is 0. The molecule has 0 bridgehead atoms. The topological polar surface area (TPSA) is 71.9 Å². The highest BCUT2D eigenvalue weighted by atomic mass is 16.2. The van der Waals surface area contributed by atoms with Crippen LogP contribution in [0.25, 0.3) is 0 Å². The first-order valence-electron chi connectivity index (χ1n) is 4.64. The fourth-order valence-corrected chi connectivity index (χ4v) is 1.18. The Labute approximate surface area is 92.0 Å². The fraction of sp³-hybridized carbons (Fsp3) is 0.100. The Balaban J connectivity index is 2.44. The monoisotopic (exact) mass is 215 g/mol. The predicted octanol–water partition coefficient (Wildman–Crippen LogP) is 0.951. The number of rotatable bonds is 2. The lowest BCUT2D eigenvalue weighted by molar-refractivity contribution is -0.116. The number of hydrogen-bond donors (Lipinski definition) is 0. The lowest BCUT2D eigenvalue weighted by Gasteiger charge is -2.15. The molecule has 0 aliphatic carbocycles. The minimum atomic E-state index is -0.239. The first-order valence-corrected chi connectivity index (χ1v) is 4.64. The highest BCUT2D eigenvalue weighted by molar-refractivity contribution is 5.95. The number of nitrogens with zero attached hydrogens (tertiary/aromatic N) is 5. The van der Waals surface area contributed by atoms with Crippen molar-refractivity contribution in [3.63, 3.8) is 0 Å². The summed E-state index contributed by atoms with van der Waals surface area (Å²) in [6, 6.07) is 3.35. The van der Waals surface area contributed by atoms with Crippen LogP contribution in [0.2, 0.25) is 0 Å². The molecule has 0 unspecified atom stereocenters. The van der Waals surface area contributed by atoms with E-state index in [1.165, 1.54) is 11.8 Å². The van der Waals surface area contributed by atoms with E-state index in [1.54, 1.807) is 36.9 Å².